The van der Waals surface area contributed by atoms with Gasteiger partial charge in [-0.25, -0.2) is 9.97 Å². The molecule has 2 heterocycles. The monoisotopic (exact) mass is 387 g/mol. The van der Waals surface area contributed by atoms with Crippen LogP contribution in [-0.4, -0.2) is 42.1 Å². The number of para-hydroxylation sites is 1. The van der Waals surface area contributed by atoms with Gasteiger partial charge in [-0.05, 0) is 49.2 Å². The minimum Gasteiger partial charge on any atom is -0.368 e. The summed E-state index contributed by atoms with van der Waals surface area (Å²) in [6, 6.07) is 16.1. The highest BCUT2D eigenvalue weighted by Crippen LogP contribution is 2.19. The Morgan fingerprint density at radius 3 is 2.17 bits per heavy atom. The van der Waals surface area contributed by atoms with Gasteiger partial charge in [0.1, 0.15) is 0 Å². The molecule has 1 N–H and O–H groups in total. The lowest BCUT2D eigenvalue weighted by Crippen LogP contribution is -2.47. The fraction of sp³-hybridized carbons (Fsp3) is 0.261. The molecule has 6 nitrogen and oxygen atoms in total. The molecule has 1 amide bonds. The summed E-state index contributed by atoms with van der Waals surface area (Å²) in [5, 5.41) is 2.87. The Hall–Kier alpha value is -3.41. The van der Waals surface area contributed by atoms with Crippen molar-refractivity contribution in [2.75, 3.05) is 41.3 Å². The molecule has 0 atom stereocenters. The minimum absolute atomic E-state index is 0.152. The first kappa shape index (κ1) is 18.9. The first-order valence-electron chi connectivity index (χ1n) is 9.86. The smallest absolute Gasteiger partial charge is 0.255 e. The lowest BCUT2D eigenvalue weighted by Gasteiger charge is -2.36. The average Bonchev–Trinajstić information content (AvgIpc) is 2.77. The zero-order valence-electron chi connectivity index (χ0n) is 16.8. The highest BCUT2D eigenvalue weighted by molar-refractivity contribution is 6.04. The summed E-state index contributed by atoms with van der Waals surface area (Å²) in [4.78, 5) is 25.9. The van der Waals surface area contributed by atoms with Gasteiger partial charge in [0.25, 0.3) is 5.91 Å². The van der Waals surface area contributed by atoms with Crippen molar-refractivity contribution in [2.24, 2.45) is 0 Å². The van der Waals surface area contributed by atoms with E-state index in [0.717, 1.165) is 31.7 Å². The fourth-order valence-electron chi connectivity index (χ4n) is 3.44. The summed E-state index contributed by atoms with van der Waals surface area (Å²) in [7, 11) is 0. The molecule has 3 aromatic rings. The number of hydrogen-bond donors (Lipinski definition) is 1. The van der Waals surface area contributed by atoms with Crippen LogP contribution in [-0.2, 0) is 0 Å². The van der Waals surface area contributed by atoms with Gasteiger partial charge in [-0.2, -0.15) is 0 Å². The molecule has 2 aromatic carbocycles. The third-order valence-corrected chi connectivity index (χ3v) is 5.35. The van der Waals surface area contributed by atoms with Crippen LogP contribution in [0.4, 0.5) is 17.3 Å². The Kier molecular flexibility index (Phi) is 5.42. The van der Waals surface area contributed by atoms with E-state index < -0.39 is 0 Å². The van der Waals surface area contributed by atoms with Crippen molar-refractivity contribution in [2.45, 2.75) is 13.8 Å². The standard InChI is InChI=1S/C23H25N5O/c1-17-8-9-19(14-18(17)2)22(29)26-20-15-24-23(25-16-20)28-12-10-27(11-13-28)21-6-4-3-5-7-21/h3-9,14-16H,10-13H2,1-2H3,(H,26,29). The van der Waals surface area contributed by atoms with E-state index in [1.807, 2.05) is 38.1 Å². The Labute approximate surface area is 171 Å². The number of nitrogens with one attached hydrogen (secondary N) is 1. The molecule has 1 saturated heterocycles. The van der Waals surface area contributed by atoms with Crippen LogP contribution in [0.25, 0.3) is 0 Å². The van der Waals surface area contributed by atoms with Gasteiger partial charge in [-0.3, -0.25) is 4.79 Å². The summed E-state index contributed by atoms with van der Waals surface area (Å²) in [6.07, 6.45) is 3.34. The quantitative estimate of drug-likeness (QED) is 0.740. The second-order valence-electron chi connectivity index (χ2n) is 7.33. The van der Waals surface area contributed by atoms with Gasteiger partial charge >= 0.3 is 0 Å². The van der Waals surface area contributed by atoms with Gasteiger partial charge < -0.3 is 15.1 Å². The summed E-state index contributed by atoms with van der Waals surface area (Å²) >= 11 is 0. The van der Waals surface area contributed by atoms with E-state index in [9.17, 15) is 4.79 Å². The number of nitrogens with zero attached hydrogens (tertiary/aromatic N) is 4. The molecule has 1 aromatic heterocycles. The van der Waals surface area contributed by atoms with Gasteiger partial charge in [-0.1, -0.05) is 24.3 Å². The normalized spacial score (nSPS) is 14.0. The molecule has 1 aliphatic heterocycles. The Bertz CT molecular complexity index is 980. The molecule has 0 saturated carbocycles. The van der Waals surface area contributed by atoms with Crippen LogP contribution in [0.3, 0.4) is 0 Å². The van der Waals surface area contributed by atoms with Crippen LogP contribution in [0, 0.1) is 13.8 Å². The highest BCUT2D eigenvalue weighted by atomic mass is 16.1. The van der Waals surface area contributed by atoms with Crippen LogP contribution in [0.15, 0.2) is 60.9 Å². The van der Waals surface area contributed by atoms with E-state index >= 15 is 0 Å². The number of amides is 1. The fourth-order valence-corrected chi connectivity index (χ4v) is 3.44. The number of benzene rings is 2. The van der Waals surface area contributed by atoms with Gasteiger partial charge in [0.05, 0.1) is 18.1 Å². The van der Waals surface area contributed by atoms with Gasteiger partial charge in [-0.15, -0.1) is 0 Å². The van der Waals surface area contributed by atoms with E-state index in [1.54, 1.807) is 12.4 Å². The topological polar surface area (TPSA) is 61.4 Å². The largest absolute Gasteiger partial charge is 0.368 e. The van der Waals surface area contributed by atoms with Crippen molar-refractivity contribution in [3.8, 4) is 0 Å². The van der Waals surface area contributed by atoms with Crippen LogP contribution < -0.4 is 15.1 Å². The number of piperazine rings is 1. The summed E-state index contributed by atoms with van der Waals surface area (Å²) in [5.74, 6) is 0.544. The number of anilines is 3. The molecule has 0 aliphatic carbocycles. The minimum atomic E-state index is -0.152. The van der Waals surface area contributed by atoms with Crippen molar-refractivity contribution < 1.29 is 4.79 Å². The maximum atomic E-state index is 12.5. The van der Waals surface area contributed by atoms with Crippen LogP contribution in [0.1, 0.15) is 21.5 Å². The van der Waals surface area contributed by atoms with E-state index in [2.05, 4.69) is 49.4 Å². The van der Waals surface area contributed by atoms with Gasteiger partial charge in [0.2, 0.25) is 5.95 Å². The van der Waals surface area contributed by atoms with E-state index in [4.69, 9.17) is 0 Å². The number of aromatic nitrogens is 2. The molecule has 0 spiro atoms. The Morgan fingerprint density at radius 2 is 1.52 bits per heavy atom. The van der Waals surface area contributed by atoms with Crippen molar-refractivity contribution in [3.05, 3.63) is 77.6 Å². The molecule has 6 heteroatoms. The summed E-state index contributed by atoms with van der Waals surface area (Å²) in [6.45, 7) is 7.62. The SMILES string of the molecule is Cc1ccc(C(=O)Nc2cnc(N3CCN(c4ccccc4)CC3)nc2)cc1C. The predicted molar refractivity (Wildman–Crippen MR) is 117 cm³/mol. The maximum Gasteiger partial charge on any atom is 0.255 e. The zero-order valence-corrected chi connectivity index (χ0v) is 16.8. The molecule has 29 heavy (non-hydrogen) atoms. The lowest BCUT2D eigenvalue weighted by atomic mass is 10.1. The molecule has 148 valence electrons. The molecule has 0 radical (unpaired) electrons. The molecule has 1 fully saturated rings. The maximum absolute atomic E-state index is 12.5. The third-order valence-electron chi connectivity index (χ3n) is 5.35. The van der Waals surface area contributed by atoms with Gasteiger partial charge in [0, 0.05) is 37.4 Å². The Morgan fingerprint density at radius 1 is 0.862 bits per heavy atom. The van der Waals surface area contributed by atoms with Gasteiger partial charge in [0.15, 0.2) is 0 Å². The van der Waals surface area contributed by atoms with E-state index in [-0.39, 0.29) is 5.91 Å². The summed E-state index contributed by atoms with van der Waals surface area (Å²) in [5.41, 5.74) is 4.74. The second kappa shape index (κ2) is 8.31. The van der Waals surface area contributed by atoms with Crippen LogP contribution in [0.5, 0.6) is 0 Å². The van der Waals surface area contributed by atoms with Crippen molar-refractivity contribution in [1.82, 2.24) is 9.97 Å². The number of hydrogen-bond acceptors (Lipinski definition) is 5. The van der Waals surface area contributed by atoms with Crippen LogP contribution >= 0.6 is 0 Å². The van der Waals surface area contributed by atoms with Crippen molar-refractivity contribution >= 4 is 23.2 Å². The number of carbonyl (C=O) groups excluding carboxylic acids is 1. The molecule has 0 bridgehead atoms. The average molecular weight is 387 g/mol. The molecular weight excluding hydrogens is 362 g/mol. The van der Waals surface area contributed by atoms with Crippen molar-refractivity contribution in [1.29, 1.82) is 0 Å². The Balaban J connectivity index is 1.36. The summed E-state index contributed by atoms with van der Waals surface area (Å²) < 4.78 is 0. The number of rotatable bonds is 4. The molecular formula is C23H25N5O. The number of aryl methyl sites for hydroxylation is 2. The lowest BCUT2D eigenvalue weighted by molar-refractivity contribution is 0.102. The predicted octanol–water partition coefficient (Wildman–Crippen LogP) is 3.67. The van der Waals surface area contributed by atoms with Crippen LogP contribution in [0.2, 0.25) is 0 Å². The van der Waals surface area contributed by atoms with E-state index in [0.29, 0.717) is 17.2 Å². The molecule has 4 rings (SSSR count). The van der Waals surface area contributed by atoms with E-state index in [1.165, 1.54) is 11.3 Å². The molecule has 1 aliphatic rings. The zero-order chi connectivity index (χ0) is 20.2. The highest BCUT2D eigenvalue weighted by Gasteiger charge is 2.19. The first-order valence-corrected chi connectivity index (χ1v) is 9.86. The second-order valence-corrected chi connectivity index (χ2v) is 7.33. The number of carbonyl (C=O) groups is 1. The van der Waals surface area contributed by atoms with Crippen molar-refractivity contribution in [3.63, 3.8) is 0 Å². The third kappa shape index (κ3) is 4.37. The first-order chi connectivity index (χ1) is 14.1. The molecule has 0 unspecified atom stereocenters.